The molecule has 0 saturated heterocycles. The lowest BCUT2D eigenvalue weighted by Crippen LogP contribution is -2.24. The number of aliphatic hydroxyl groups excluding tert-OH is 1. The summed E-state index contributed by atoms with van der Waals surface area (Å²) in [5, 5.41) is 14.4. The zero-order chi connectivity index (χ0) is 23.8. The predicted molar refractivity (Wildman–Crippen MR) is 132 cm³/mol. The van der Waals surface area contributed by atoms with Crippen molar-refractivity contribution in [2.75, 3.05) is 5.73 Å². The first kappa shape index (κ1) is 21.9. The Kier molecular flexibility index (Phi) is 5.68. The lowest BCUT2D eigenvalue weighted by atomic mass is 9.99. The van der Waals surface area contributed by atoms with Gasteiger partial charge >= 0.3 is 5.69 Å². The van der Waals surface area contributed by atoms with Gasteiger partial charge in [-0.3, -0.25) is 9.97 Å². The average Bonchev–Trinajstić information content (AvgIpc) is 3.16. The number of benzene rings is 1. The molecular weight excluding hydrogens is 498 g/mol. The minimum Gasteiger partial charge on any atom is -0.390 e. The lowest BCUT2D eigenvalue weighted by molar-refractivity contribution is 0.276. The van der Waals surface area contributed by atoms with Crippen molar-refractivity contribution in [1.29, 1.82) is 0 Å². The highest BCUT2D eigenvalue weighted by atomic mass is 79.9. The summed E-state index contributed by atoms with van der Waals surface area (Å²) in [6, 6.07) is 16.9. The number of nitrogens with zero attached hydrogens (tertiary/aromatic N) is 6. The summed E-state index contributed by atoms with van der Waals surface area (Å²) in [6.07, 6.45) is 1.67. The van der Waals surface area contributed by atoms with Crippen LogP contribution in [0.15, 0.2) is 70.1 Å². The number of nitrogens with two attached hydrogens (primary N) is 1. The van der Waals surface area contributed by atoms with Gasteiger partial charge in [0, 0.05) is 21.9 Å². The van der Waals surface area contributed by atoms with Gasteiger partial charge in [0.15, 0.2) is 5.65 Å². The topological polar surface area (TPSA) is 124 Å². The largest absolute Gasteiger partial charge is 0.390 e. The molecule has 0 aliphatic rings. The molecule has 0 aliphatic carbocycles. The normalized spacial score (nSPS) is 11.3. The molecule has 34 heavy (non-hydrogen) atoms. The van der Waals surface area contributed by atoms with E-state index in [1.807, 2.05) is 55.5 Å². The Labute approximate surface area is 202 Å². The third kappa shape index (κ3) is 3.97. The molecule has 9 nitrogen and oxygen atoms in total. The average molecular weight is 518 g/mol. The van der Waals surface area contributed by atoms with Crippen molar-refractivity contribution in [1.82, 2.24) is 29.1 Å². The zero-order valence-corrected chi connectivity index (χ0v) is 19.8. The van der Waals surface area contributed by atoms with Gasteiger partial charge in [-0.15, -0.1) is 5.10 Å². The van der Waals surface area contributed by atoms with Gasteiger partial charge in [0.2, 0.25) is 5.95 Å². The van der Waals surface area contributed by atoms with E-state index in [4.69, 9.17) is 5.73 Å². The van der Waals surface area contributed by atoms with E-state index in [-0.39, 0.29) is 19.1 Å². The van der Waals surface area contributed by atoms with Crippen molar-refractivity contribution in [3.8, 4) is 22.4 Å². The SMILES string of the molecule is Cc1cc(-c2c(-c3ccccc3)nc(N)n3c(=O)n(Cc4ccc(Br)cn4)nc23)cc(CO)n1. The second-order valence-electron chi connectivity index (χ2n) is 7.77. The van der Waals surface area contributed by atoms with Crippen molar-refractivity contribution >= 4 is 27.5 Å². The fourth-order valence-corrected chi connectivity index (χ4v) is 4.13. The molecule has 0 fully saturated rings. The molecule has 4 heterocycles. The number of nitrogen functional groups attached to an aromatic ring is 1. The van der Waals surface area contributed by atoms with Gasteiger partial charge in [-0.1, -0.05) is 30.3 Å². The molecule has 0 bridgehead atoms. The number of hydrogen-bond donors (Lipinski definition) is 2. The molecular formula is C24H20BrN7O2. The van der Waals surface area contributed by atoms with Gasteiger partial charge in [0.1, 0.15) is 0 Å². The molecule has 0 saturated carbocycles. The molecule has 0 atom stereocenters. The van der Waals surface area contributed by atoms with Crippen LogP contribution >= 0.6 is 15.9 Å². The van der Waals surface area contributed by atoms with Crippen LogP contribution in [-0.2, 0) is 13.2 Å². The van der Waals surface area contributed by atoms with E-state index in [1.54, 1.807) is 12.3 Å². The third-order valence-electron chi connectivity index (χ3n) is 5.36. The molecule has 0 aliphatic heterocycles. The van der Waals surface area contributed by atoms with Gasteiger partial charge in [-0.25, -0.2) is 18.9 Å². The number of pyridine rings is 2. The molecule has 4 aromatic heterocycles. The molecule has 5 rings (SSSR count). The number of aryl methyl sites for hydroxylation is 1. The minimum atomic E-state index is -0.418. The number of aliphatic hydroxyl groups is 1. The molecule has 1 aromatic carbocycles. The smallest absolute Gasteiger partial charge is 0.353 e. The number of rotatable bonds is 5. The third-order valence-corrected chi connectivity index (χ3v) is 5.83. The molecule has 0 radical (unpaired) electrons. The zero-order valence-electron chi connectivity index (χ0n) is 18.2. The van der Waals surface area contributed by atoms with Gasteiger partial charge in [0.25, 0.3) is 0 Å². The van der Waals surface area contributed by atoms with Crippen molar-refractivity contribution in [2.24, 2.45) is 0 Å². The van der Waals surface area contributed by atoms with E-state index < -0.39 is 5.69 Å². The van der Waals surface area contributed by atoms with Crippen LogP contribution in [-0.4, -0.2) is 34.2 Å². The summed E-state index contributed by atoms with van der Waals surface area (Å²) in [5.74, 6) is 0.0331. The second-order valence-corrected chi connectivity index (χ2v) is 8.69. The molecule has 5 aromatic rings. The summed E-state index contributed by atoms with van der Waals surface area (Å²) < 4.78 is 3.47. The van der Waals surface area contributed by atoms with Gasteiger partial charge in [-0.2, -0.15) is 0 Å². The molecule has 10 heteroatoms. The maximum atomic E-state index is 13.3. The Bertz CT molecular complexity index is 1560. The highest BCUT2D eigenvalue weighted by molar-refractivity contribution is 9.10. The van der Waals surface area contributed by atoms with E-state index >= 15 is 0 Å². The highest BCUT2D eigenvalue weighted by Crippen LogP contribution is 2.34. The van der Waals surface area contributed by atoms with Crippen LogP contribution < -0.4 is 11.4 Å². The molecule has 0 amide bonds. The fraction of sp³-hybridized carbons (Fsp3) is 0.125. The Morgan fingerprint density at radius 1 is 1.03 bits per heavy atom. The first-order chi connectivity index (χ1) is 16.4. The molecule has 0 unspecified atom stereocenters. The number of aromatic nitrogens is 6. The van der Waals surface area contributed by atoms with Crippen molar-refractivity contribution < 1.29 is 5.11 Å². The maximum Gasteiger partial charge on any atom is 0.353 e. The Balaban J connectivity index is 1.81. The number of fused-ring (bicyclic) bond motifs is 1. The van der Waals surface area contributed by atoms with Gasteiger partial charge in [-0.05, 0) is 52.7 Å². The predicted octanol–water partition coefficient (Wildman–Crippen LogP) is 3.21. The van der Waals surface area contributed by atoms with Gasteiger partial charge < -0.3 is 10.8 Å². The maximum absolute atomic E-state index is 13.3. The lowest BCUT2D eigenvalue weighted by Gasteiger charge is -2.13. The molecule has 0 spiro atoms. The molecule has 3 N–H and O–H groups in total. The van der Waals surface area contributed by atoms with E-state index in [0.29, 0.717) is 28.3 Å². The summed E-state index contributed by atoms with van der Waals surface area (Å²) in [7, 11) is 0. The summed E-state index contributed by atoms with van der Waals surface area (Å²) in [6.45, 7) is 1.80. The Morgan fingerprint density at radius 3 is 2.53 bits per heavy atom. The first-order valence-corrected chi connectivity index (χ1v) is 11.3. The number of halogens is 1. The number of hydrogen-bond acceptors (Lipinski definition) is 7. The second kappa shape index (κ2) is 8.81. The van der Waals surface area contributed by atoms with E-state index in [0.717, 1.165) is 21.3 Å². The standard InChI is InChI=1S/C24H20BrN7O2/c1-14-9-16(10-19(13-33)28-14)20-21(15-5-3-2-4-6-15)29-23(26)32-22(20)30-31(24(32)34)12-18-8-7-17(25)11-27-18/h2-11,33H,12-13H2,1H3,(H2,26,29). The summed E-state index contributed by atoms with van der Waals surface area (Å²) in [4.78, 5) is 26.6. The Hall–Kier alpha value is -3.89. The van der Waals surface area contributed by atoms with Crippen LogP contribution in [0.5, 0.6) is 0 Å². The van der Waals surface area contributed by atoms with Crippen LogP contribution in [0.25, 0.3) is 28.0 Å². The fourth-order valence-electron chi connectivity index (χ4n) is 3.89. The quantitative estimate of drug-likeness (QED) is 0.366. The van der Waals surface area contributed by atoms with Crippen LogP contribution in [0.4, 0.5) is 5.95 Å². The highest BCUT2D eigenvalue weighted by Gasteiger charge is 2.22. The van der Waals surface area contributed by atoms with Gasteiger partial charge in [0.05, 0.1) is 35.8 Å². The minimum absolute atomic E-state index is 0.0331. The Morgan fingerprint density at radius 2 is 1.82 bits per heavy atom. The summed E-state index contributed by atoms with van der Waals surface area (Å²) >= 11 is 3.37. The van der Waals surface area contributed by atoms with Crippen LogP contribution in [0, 0.1) is 6.92 Å². The van der Waals surface area contributed by atoms with Crippen LogP contribution in [0.3, 0.4) is 0 Å². The van der Waals surface area contributed by atoms with E-state index in [2.05, 4.69) is 36.0 Å². The van der Waals surface area contributed by atoms with E-state index in [1.165, 1.54) is 9.08 Å². The van der Waals surface area contributed by atoms with Crippen molar-refractivity contribution in [2.45, 2.75) is 20.1 Å². The van der Waals surface area contributed by atoms with Crippen molar-refractivity contribution in [3.63, 3.8) is 0 Å². The summed E-state index contributed by atoms with van der Waals surface area (Å²) in [5.41, 5.74) is 10.9. The number of anilines is 1. The van der Waals surface area contributed by atoms with E-state index in [9.17, 15) is 9.90 Å². The monoisotopic (exact) mass is 517 g/mol. The van der Waals surface area contributed by atoms with Crippen molar-refractivity contribution in [3.05, 3.63) is 92.8 Å². The first-order valence-electron chi connectivity index (χ1n) is 10.5. The van der Waals surface area contributed by atoms with Crippen LogP contribution in [0.1, 0.15) is 17.1 Å². The van der Waals surface area contributed by atoms with Crippen LogP contribution in [0.2, 0.25) is 0 Å². The molecule has 170 valence electrons.